The number of carbonyl (C=O) groups excluding carboxylic acids is 1. The summed E-state index contributed by atoms with van der Waals surface area (Å²) in [5.41, 5.74) is 1.21. The fraction of sp³-hybridized carbons (Fsp3) is 0.500. The number of nitrogens with zero attached hydrogens (tertiary/aromatic N) is 2. The Labute approximate surface area is 132 Å². The van der Waals surface area contributed by atoms with Gasteiger partial charge in [0.2, 0.25) is 5.91 Å². The van der Waals surface area contributed by atoms with Gasteiger partial charge < -0.3 is 20.3 Å². The van der Waals surface area contributed by atoms with Gasteiger partial charge in [-0.25, -0.2) is 0 Å². The summed E-state index contributed by atoms with van der Waals surface area (Å²) in [7, 11) is 5.19. The molecule has 0 aliphatic rings. The highest BCUT2D eigenvalue weighted by atomic mass is 16.5. The van der Waals surface area contributed by atoms with E-state index in [9.17, 15) is 4.79 Å². The fourth-order valence-electron chi connectivity index (χ4n) is 1.70. The molecule has 1 rings (SSSR count). The number of aliphatic imine (C=N–C) groups is 1. The van der Waals surface area contributed by atoms with Gasteiger partial charge in [-0.3, -0.25) is 9.79 Å². The fourth-order valence-corrected chi connectivity index (χ4v) is 1.70. The minimum Gasteiger partial charge on any atom is -0.492 e. The standard InChI is InChI=1S/C16H26N4O2/c1-13-5-7-14(8-6-13)22-12-11-19-16(17-2)18-10-9-15(21)20(3)4/h5-8H,9-12H2,1-4H3,(H2,17,18,19). The largest absolute Gasteiger partial charge is 0.492 e. The van der Waals surface area contributed by atoms with Gasteiger partial charge in [-0.1, -0.05) is 17.7 Å². The SMILES string of the molecule is CN=C(NCCOc1ccc(C)cc1)NCCC(=O)N(C)C. The molecule has 0 saturated heterocycles. The molecule has 122 valence electrons. The van der Waals surface area contributed by atoms with Gasteiger partial charge in [-0.2, -0.15) is 0 Å². The minimum atomic E-state index is 0.0886. The zero-order chi connectivity index (χ0) is 16.4. The third-order valence-corrected chi connectivity index (χ3v) is 3.04. The molecular formula is C16H26N4O2. The van der Waals surface area contributed by atoms with Crippen LogP contribution in [0.25, 0.3) is 0 Å². The van der Waals surface area contributed by atoms with Crippen LogP contribution in [-0.2, 0) is 4.79 Å². The number of amides is 1. The molecule has 0 heterocycles. The van der Waals surface area contributed by atoms with E-state index in [-0.39, 0.29) is 5.91 Å². The lowest BCUT2D eigenvalue weighted by molar-refractivity contribution is -0.128. The molecule has 2 N–H and O–H groups in total. The van der Waals surface area contributed by atoms with Crippen molar-refractivity contribution in [1.29, 1.82) is 0 Å². The summed E-state index contributed by atoms with van der Waals surface area (Å²) < 4.78 is 5.62. The van der Waals surface area contributed by atoms with Crippen molar-refractivity contribution < 1.29 is 9.53 Å². The van der Waals surface area contributed by atoms with E-state index in [0.717, 1.165) is 5.75 Å². The molecule has 0 bridgehead atoms. The summed E-state index contributed by atoms with van der Waals surface area (Å²) in [5, 5.41) is 6.24. The summed E-state index contributed by atoms with van der Waals surface area (Å²) in [4.78, 5) is 17.1. The van der Waals surface area contributed by atoms with Crippen molar-refractivity contribution in [2.45, 2.75) is 13.3 Å². The molecule has 0 atom stereocenters. The van der Waals surface area contributed by atoms with Crippen molar-refractivity contribution in [2.75, 3.05) is 40.8 Å². The van der Waals surface area contributed by atoms with E-state index in [1.165, 1.54) is 5.56 Å². The molecule has 0 spiro atoms. The topological polar surface area (TPSA) is 66.0 Å². The number of guanidine groups is 1. The Bertz CT molecular complexity index is 483. The molecule has 0 aromatic heterocycles. The number of nitrogens with one attached hydrogen (secondary N) is 2. The van der Waals surface area contributed by atoms with Gasteiger partial charge in [-0.15, -0.1) is 0 Å². The van der Waals surface area contributed by atoms with Crippen molar-refractivity contribution in [3.05, 3.63) is 29.8 Å². The number of ether oxygens (including phenoxy) is 1. The first kappa shape index (κ1) is 17.8. The van der Waals surface area contributed by atoms with Crippen LogP contribution in [0.3, 0.4) is 0 Å². The molecular weight excluding hydrogens is 280 g/mol. The Morgan fingerprint density at radius 3 is 2.41 bits per heavy atom. The summed E-state index contributed by atoms with van der Waals surface area (Å²) in [6, 6.07) is 7.94. The summed E-state index contributed by atoms with van der Waals surface area (Å²) >= 11 is 0. The van der Waals surface area contributed by atoms with Crippen LogP contribution in [-0.4, -0.2) is 57.6 Å². The normalized spacial score (nSPS) is 11.0. The van der Waals surface area contributed by atoms with E-state index in [4.69, 9.17) is 4.74 Å². The molecule has 0 saturated carbocycles. The van der Waals surface area contributed by atoms with Crippen LogP contribution in [0.4, 0.5) is 0 Å². The van der Waals surface area contributed by atoms with Crippen LogP contribution in [0.5, 0.6) is 5.75 Å². The van der Waals surface area contributed by atoms with E-state index < -0.39 is 0 Å². The summed E-state index contributed by atoms with van der Waals surface area (Å²) in [6.45, 7) is 3.77. The van der Waals surface area contributed by atoms with Crippen LogP contribution >= 0.6 is 0 Å². The van der Waals surface area contributed by atoms with Crippen LogP contribution in [0.2, 0.25) is 0 Å². The van der Waals surface area contributed by atoms with E-state index in [1.807, 2.05) is 31.2 Å². The predicted molar refractivity (Wildman–Crippen MR) is 89.3 cm³/mol. The van der Waals surface area contributed by atoms with Crippen molar-refractivity contribution in [3.8, 4) is 5.75 Å². The Balaban J connectivity index is 2.18. The lowest BCUT2D eigenvalue weighted by Gasteiger charge is -2.14. The maximum atomic E-state index is 11.5. The van der Waals surface area contributed by atoms with Gasteiger partial charge in [0.25, 0.3) is 0 Å². The van der Waals surface area contributed by atoms with Gasteiger partial charge in [0.1, 0.15) is 12.4 Å². The Kier molecular flexibility index (Phi) is 7.81. The Morgan fingerprint density at radius 1 is 1.18 bits per heavy atom. The van der Waals surface area contributed by atoms with Gasteiger partial charge in [0, 0.05) is 34.1 Å². The van der Waals surface area contributed by atoms with Gasteiger partial charge in [0.15, 0.2) is 5.96 Å². The number of hydrogen-bond acceptors (Lipinski definition) is 3. The van der Waals surface area contributed by atoms with Crippen LogP contribution in [0, 0.1) is 6.92 Å². The molecule has 0 aliphatic heterocycles. The number of benzene rings is 1. The van der Waals surface area contributed by atoms with Crippen LogP contribution in [0.15, 0.2) is 29.3 Å². The average molecular weight is 306 g/mol. The first-order chi connectivity index (χ1) is 10.5. The first-order valence-electron chi connectivity index (χ1n) is 7.37. The predicted octanol–water partition coefficient (Wildman–Crippen LogP) is 1.02. The van der Waals surface area contributed by atoms with Gasteiger partial charge >= 0.3 is 0 Å². The maximum Gasteiger partial charge on any atom is 0.223 e. The Hall–Kier alpha value is -2.24. The molecule has 22 heavy (non-hydrogen) atoms. The maximum absolute atomic E-state index is 11.5. The van der Waals surface area contributed by atoms with Gasteiger partial charge in [0.05, 0.1) is 6.54 Å². The van der Waals surface area contributed by atoms with E-state index in [2.05, 4.69) is 15.6 Å². The third-order valence-electron chi connectivity index (χ3n) is 3.04. The lowest BCUT2D eigenvalue weighted by Crippen LogP contribution is -2.40. The number of aryl methyl sites for hydroxylation is 1. The second-order valence-corrected chi connectivity index (χ2v) is 5.13. The monoisotopic (exact) mass is 306 g/mol. The van der Waals surface area contributed by atoms with E-state index >= 15 is 0 Å². The van der Waals surface area contributed by atoms with Crippen LogP contribution < -0.4 is 15.4 Å². The first-order valence-corrected chi connectivity index (χ1v) is 7.37. The molecule has 6 nitrogen and oxygen atoms in total. The zero-order valence-corrected chi connectivity index (χ0v) is 13.8. The zero-order valence-electron chi connectivity index (χ0n) is 13.8. The molecule has 0 fully saturated rings. The molecule has 0 unspecified atom stereocenters. The van der Waals surface area contributed by atoms with E-state index in [0.29, 0.717) is 32.1 Å². The molecule has 1 aromatic carbocycles. The Morgan fingerprint density at radius 2 is 1.82 bits per heavy atom. The average Bonchev–Trinajstić information content (AvgIpc) is 2.51. The minimum absolute atomic E-state index is 0.0886. The quantitative estimate of drug-likeness (QED) is 0.448. The molecule has 1 aromatic rings. The van der Waals surface area contributed by atoms with Crippen molar-refractivity contribution in [3.63, 3.8) is 0 Å². The van der Waals surface area contributed by atoms with E-state index in [1.54, 1.807) is 26.0 Å². The summed E-state index contributed by atoms with van der Waals surface area (Å²) in [5.74, 6) is 1.61. The number of carbonyl (C=O) groups is 1. The third kappa shape index (κ3) is 6.97. The van der Waals surface area contributed by atoms with Crippen molar-refractivity contribution in [2.24, 2.45) is 4.99 Å². The molecule has 1 amide bonds. The highest BCUT2D eigenvalue weighted by Gasteiger charge is 2.04. The molecule has 0 radical (unpaired) electrons. The lowest BCUT2D eigenvalue weighted by atomic mass is 10.2. The highest BCUT2D eigenvalue weighted by Crippen LogP contribution is 2.10. The van der Waals surface area contributed by atoms with Gasteiger partial charge in [-0.05, 0) is 19.1 Å². The molecule has 6 heteroatoms. The van der Waals surface area contributed by atoms with Crippen LogP contribution in [0.1, 0.15) is 12.0 Å². The number of hydrogen-bond donors (Lipinski definition) is 2. The smallest absolute Gasteiger partial charge is 0.223 e. The van der Waals surface area contributed by atoms with Crippen molar-refractivity contribution in [1.82, 2.24) is 15.5 Å². The second kappa shape index (κ2) is 9.65. The molecule has 0 aliphatic carbocycles. The summed E-state index contributed by atoms with van der Waals surface area (Å²) in [6.07, 6.45) is 0.438. The second-order valence-electron chi connectivity index (χ2n) is 5.13. The number of rotatable bonds is 7. The highest BCUT2D eigenvalue weighted by molar-refractivity contribution is 5.81. The van der Waals surface area contributed by atoms with Crippen molar-refractivity contribution >= 4 is 11.9 Å².